The predicted octanol–water partition coefficient (Wildman–Crippen LogP) is 5.65. The van der Waals surface area contributed by atoms with Gasteiger partial charge in [0.1, 0.15) is 23.9 Å². The molecule has 1 saturated heterocycles. The zero-order valence-corrected chi connectivity index (χ0v) is 21.0. The van der Waals surface area contributed by atoms with E-state index in [1.54, 1.807) is 13.2 Å². The number of hydrogen-bond acceptors (Lipinski definition) is 6. The quantitative estimate of drug-likeness (QED) is 0.396. The second-order valence-electron chi connectivity index (χ2n) is 9.34. The first-order chi connectivity index (χ1) is 17.4. The summed E-state index contributed by atoms with van der Waals surface area (Å²) in [6.07, 6.45) is -1.78. The third-order valence-electron chi connectivity index (χ3n) is 6.63. The molecule has 6 nitrogen and oxygen atoms in total. The molecule has 1 aliphatic heterocycles. The molecule has 0 amide bonds. The fourth-order valence-electron chi connectivity index (χ4n) is 4.43. The molecule has 5 atom stereocenters. The summed E-state index contributed by atoms with van der Waals surface area (Å²) in [6, 6.07) is 24.7. The Balaban J connectivity index is 1.36. The van der Waals surface area contributed by atoms with Crippen molar-refractivity contribution in [3.05, 3.63) is 95.6 Å². The number of rotatable bonds is 10. The van der Waals surface area contributed by atoms with Crippen molar-refractivity contribution in [3.8, 4) is 11.5 Å². The highest BCUT2D eigenvalue weighted by molar-refractivity contribution is 5.82. The standard InChI is InChI=1S/C30H34O6/c1-20-18-35-30(23-12-14-25(33-3)15-13-23)36-29(20)21(2)27(31)17-28(32)24-10-7-11-26(16-24)34-19-22-8-5-4-6-9-22/h4-16,20-21,28-30,32H,17-19H2,1-3H3/t20-,21-,28+,29-,30-/m0/s1. The van der Waals surface area contributed by atoms with E-state index in [1.807, 2.05) is 86.6 Å². The number of aliphatic hydroxyl groups is 1. The average molecular weight is 491 g/mol. The van der Waals surface area contributed by atoms with E-state index in [9.17, 15) is 9.90 Å². The number of benzene rings is 3. The SMILES string of the molecule is COc1ccc([C@H]2OC[C@H](C)[C@@H]([C@@H](C)C(=O)C[C@@H](O)c3cccc(OCc4ccccc4)c3)O2)cc1. The molecule has 0 aromatic heterocycles. The van der Waals surface area contributed by atoms with E-state index in [-0.39, 0.29) is 24.2 Å². The largest absolute Gasteiger partial charge is 0.497 e. The Kier molecular flexibility index (Phi) is 8.75. The number of ketones is 1. The number of Topliss-reactive ketones (excluding diaryl/α,β-unsaturated/α-hetero) is 1. The average Bonchev–Trinajstić information content (AvgIpc) is 2.92. The molecular formula is C30H34O6. The Bertz CT molecular complexity index is 1110. The zero-order valence-electron chi connectivity index (χ0n) is 21.0. The summed E-state index contributed by atoms with van der Waals surface area (Å²) in [5.74, 6) is 1.01. The molecule has 1 fully saturated rings. The van der Waals surface area contributed by atoms with Crippen LogP contribution in [0.5, 0.6) is 11.5 Å². The number of methoxy groups -OCH3 is 1. The van der Waals surface area contributed by atoms with Gasteiger partial charge >= 0.3 is 0 Å². The first-order valence-corrected chi connectivity index (χ1v) is 12.3. The summed E-state index contributed by atoms with van der Waals surface area (Å²) in [6.45, 7) is 4.81. The van der Waals surface area contributed by atoms with Crippen molar-refractivity contribution in [2.45, 2.75) is 45.4 Å². The van der Waals surface area contributed by atoms with E-state index in [0.717, 1.165) is 16.9 Å². The highest BCUT2D eigenvalue weighted by atomic mass is 16.7. The smallest absolute Gasteiger partial charge is 0.184 e. The second-order valence-corrected chi connectivity index (χ2v) is 9.34. The minimum Gasteiger partial charge on any atom is -0.497 e. The molecule has 36 heavy (non-hydrogen) atoms. The number of carbonyl (C=O) groups excluding carboxylic acids is 1. The van der Waals surface area contributed by atoms with E-state index in [2.05, 4.69) is 0 Å². The van der Waals surface area contributed by atoms with Crippen LogP contribution in [0.4, 0.5) is 0 Å². The molecule has 3 aromatic carbocycles. The van der Waals surface area contributed by atoms with E-state index in [4.69, 9.17) is 18.9 Å². The molecule has 0 spiro atoms. The van der Waals surface area contributed by atoms with Gasteiger partial charge in [-0.25, -0.2) is 0 Å². The number of aliphatic hydroxyl groups excluding tert-OH is 1. The zero-order chi connectivity index (χ0) is 25.5. The first-order valence-electron chi connectivity index (χ1n) is 12.3. The van der Waals surface area contributed by atoms with Crippen molar-refractivity contribution in [1.29, 1.82) is 0 Å². The highest BCUT2D eigenvalue weighted by Gasteiger charge is 2.37. The second kappa shape index (κ2) is 12.2. The Labute approximate surface area is 212 Å². The molecule has 3 aromatic rings. The van der Waals surface area contributed by atoms with Crippen molar-refractivity contribution >= 4 is 5.78 Å². The molecule has 1 aliphatic rings. The third kappa shape index (κ3) is 6.52. The minimum absolute atomic E-state index is 0.00391. The van der Waals surface area contributed by atoms with Crippen LogP contribution >= 0.6 is 0 Å². The van der Waals surface area contributed by atoms with Gasteiger partial charge in [0.05, 0.1) is 25.9 Å². The number of carbonyl (C=O) groups is 1. The van der Waals surface area contributed by atoms with Crippen LogP contribution in [0.25, 0.3) is 0 Å². The Hall–Kier alpha value is -3.19. The maximum Gasteiger partial charge on any atom is 0.184 e. The van der Waals surface area contributed by atoms with Gasteiger partial charge < -0.3 is 24.1 Å². The van der Waals surface area contributed by atoms with Crippen LogP contribution in [0.1, 0.15) is 49.4 Å². The van der Waals surface area contributed by atoms with Crippen LogP contribution in [0.2, 0.25) is 0 Å². The molecule has 0 unspecified atom stereocenters. The fourth-order valence-corrected chi connectivity index (χ4v) is 4.43. The minimum atomic E-state index is -0.923. The lowest BCUT2D eigenvalue weighted by Crippen LogP contribution is -2.41. The Morgan fingerprint density at radius 3 is 2.50 bits per heavy atom. The van der Waals surface area contributed by atoms with Gasteiger partial charge in [-0.3, -0.25) is 4.79 Å². The highest BCUT2D eigenvalue weighted by Crippen LogP contribution is 2.34. The van der Waals surface area contributed by atoms with E-state index in [0.29, 0.717) is 24.5 Å². The monoisotopic (exact) mass is 490 g/mol. The molecule has 190 valence electrons. The van der Waals surface area contributed by atoms with Crippen molar-refractivity contribution in [1.82, 2.24) is 0 Å². The molecule has 4 rings (SSSR count). The fraction of sp³-hybridized carbons (Fsp3) is 0.367. The summed E-state index contributed by atoms with van der Waals surface area (Å²) in [5.41, 5.74) is 2.59. The van der Waals surface area contributed by atoms with Crippen molar-refractivity contribution < 1.29 is 28.8 Å². The Morgan fingerprint density at radius 2 is 1.78 bits per heavy atom. The van der Waals surface area contributed by atoms with Gasteiger partial charge in [-0.2, -0.15) is 0 Å². The number of hydrogen-bond donors (Lipinski definition) is 1. The molecule has 6 heteroatoms. The Morgan fingerprint density at radius 1 is 1.03 bits per heavy atom. The normalized spacial score (nSPS) is 21.4. The lowest BCUT2D eigenvalue weighted by atomic mass is 9.87. The van der Waals surface area contributed by atoms with Gasteiger partial charge in [0.2, 0.25) is 0 Å². The van der Waals surface area contributed by atoms with Crippen LogP contribution < -0.4 is 9.47 Å². The first kappa shape index (κ1) is 25.9. The van der Waals surface area contributed by atoms with Crippen LogP contribution in [0.3, 0.4) is 0 Å². The summed E-state index contributed by atoms with van der Waals surface area (Å²) in [4.78, 5) is 13.2. The molecule has 0 radical (unpaired) electrons. The van der Waals surface area contributed by atoms with Crippen molar-refractivity contribution in [3.63, 3.8) is 0 Å². The predicted molar refractivity (Wildman–Crippen MR) is 137 cm³/mol. The number of ether oxygens (including phenoxy) is 4. The van der Waals surface area contributed by atoms with Gasteiger partial charge in [0.25, 0.3) is 0 Å². The van der Waals surface area contributed by atoms with Gasteiger partial charge in [0, 0.05) is 23.8 Å². The maximum atomic E-state index is 13.2. The van der Waals surface area contributed by atoms with E-state index < -0.39 is 18.3 Å². The summed E-state index contributed by atoms with van der Waals surface area (Å²) < 4.78 is 23.2. The molecule has 0 saturated carbocycles. The molecule has 1 N–H and O–H groups in total. The molecular weight excluding hydrogens is 456 g/mol. The molecule has 0 bridgehead atoms. The molecule has 0 aliphatic carbocycles. The van der Waals surface area contributed by atoms with Crippen molar-refractivity contribution in [2.24, 2.45) is 11.8 Å². The van der Waals surface area contributed by atoms with Gasteiger partial charge in [-0.1, -0.05) is 68.4 Å². The lowest BCUT2D eigenvalue weighted by molar-refractivity contribution is -0.247. The van der Waals surface area contributed by atoms with E-state index >= 15 is 0 Å². The van der Waals surface area contributed by atoms with Gasteiger partial charge in [-0.05, 0) is 35.4 Å². The van der Waals surface area contributed by atoms with Crippen LogP contribution in [0, 0.1) is 11.8 Å². The van der Waals surface area contributed by atoms with E-state index in [1.165, 1.54) is 0 Å². The summed E-state index contributed by atoms with van der Waals surface area (Å²) >= 11 is 0. The van der Waals surface area contributed by atoms with Crippen molar-refractivity contribution in [2.75, 3.05) is 13.7 Å². The van der Waals surface area contributed by atoms with Gasteiger partial charge in [-0.15, -0.1) is 0 Å². The summed E-state index contributed by atoms with van der Waals surface area (Å²) in [5, 5.41) is 10.8. The molecule has 1 heterocycles. The summed E-state index contributed by atoms with van der Waals surface area (Å²) in [7, 11) is 1.62. The van der Waals surface area contributed by atoms with Crippen LogP contribution in [0.15, 0.2) is 78.9 Å². The van der Waals surface area contributed by atoms with Gasteiger partial charge in [0.15, 0.2) is 6.29 Å². The maximum absolute atomic E-state index is 13.2. The van der Waals surface area contributed by atoms with Crippen LogP contribution in [-0.4, -0.2) is 30.7 Å². The third-order valence-corrected chi connectivity index (χ3v) is 6.63. The van der Waals surface area contributed by atoms with Crippen LogP contribution in [-0.2, 0) is 20.9 Å². The lowest BCUT2D eigenvalue weighted by Gasteiger charge is -2.38. The topological polar surface area (TPSA) is 74.2 Å².